The van der Waals surface area contributed by atoms with Crippen molar-refractivity contribution in [1.29, 1.82) is 0 Å². The summed E-state index contributed by atoms with van der Waals surface area (Å²) in [6.45, 7) is 2.06. The number of halogens is 2. The van der Waals surface area contributed by atoms with Crippen LogP contribution in [0, 0.1) is 5.82 Å². The molecule has 0 N–H and O–H groups in total. The van der Waals surface area contributed by atoms with E-state index in [2.05, 4.69) is 6.92 Å². The van der Waals surface area contributed by atoms with Crippen molar-refractivity contribution in [3.8, 4) is 11.3 Å². The van der Waals surface area contributed by atoms with Crippen LogP contribution in [-0.4, -0.2) is 5.75 Å². The van der Waals surface area contributed by atoms with Gasteiger partial charge in [0, 0.05) is 16.0 Å². The molecule has 0 bridgehead atoms. The maximum Gasteiger partial charge on any atom is 0.148 e. The molecule has 102 valence electrons. The van der Waals surface area contributed by atoms with Gasteiger partial charge in [-0.05, 0) is 48.2 Å². The van der Waals surface area contributed by atoms with E-state index in [-0.39, 0.29) is 5.82 Å². The second-order valence-electron chi connectivity index (χ2n) is 4.34. The zero-order chi connectivity index (χ0) is 14.1. The average molecular weight is 307 g/mol. The molecule has 0 saturated carbocycles. The molecule has 0 unspecified atom stereocenters. The molecule has 0 atom stereocenters. The molecule has 2 aromatic carbocycles. The minimum atomic E-state index is -0.251. The SMILES string of the molecule is CCSc1c(-c2ccc(Cl)cc2)oc2ccc(F)cc12. The van der Waals surface area contributed by atoms with E-state index in [1.54, 1.807) is 17.8 Å². The van der Waals surface area contributed by atoms with Crippen LogP contribution in [0.1, 0.15) is 6.92 Å². The highest BCUT2D eigenvalue weighted by atomic mass is 35.5. The second-order valence-corrected chi connectivity index (χ2v) is 6.05. The molecule has 0 aliphatic carbocycles. The summed E-state index contributed by atoms with van der Waals surface area (Å²) in [7, 11) is 0. The van der Waals surface area contributed by atoms with Crippen molar-refractivity contribution in [2.24, 2.45) is 0 Å². The first-order chi connectivity index (χ1) is 9.69. The molecule has 0 radical (unpaired) electrons. The van der Waals surface area contributed by atoms with Crippen molar-refractivity contribution in [2.75, 3.05) is 5.75 Å². The van der Waals surface area contributed by atoms with Crippen LogP contribution in [-0.2, 0) is 0 Å². The van der Waals surface area contributed by atoms with Crippen LogP contribution >= 0.6 is 23.4 Å². The van der Waals surface area contributed by atoms with Gasteiger partial charge in [0.05, 0.1) is 4.90 Å². The fraction of sp³-hybridized carbons (Fsp3) is 0.125. The maximum atomic E-state index is 13.5. The molecular weight excluding hydrogens is 295 g/mol. The minimum Gasteiger partial charge on any atom is -0.455 e. The molecule has 0 spiro atoms. The minimum absolute atomic E-state index is 0.251. The van der Waals surface area contributed by atoms with Crippen molar-refractivity contribution in [3.63, 3.8) is 0 Å². The molecule has 1 heterocycles. The average Bonchev–Trinajstić information content (AvgIpc) is 2.79. The van der Waals surface area contributed by atoms with Crippen LogP contribution in [0.2, 0.25) is 5.02 Å². The number of hydrogen-bond acceptors (Lipinski definition) is 2. The number of benzene rings is 2. The molecule has 0 aliphatic rings. The molecule has 3 aromatic rings. The van der Waals surface area contributed by atoms with Crippen molar-refractivity contribution in [1.82, 2.24) is 0 Å². The number of furan rings is 1. The van der Waals surface area contributed by atoms with E-state index in [0.29, 0.717) is 10.6 Å². The number of fused-ring (bicyclic) bond motifs is 1. The predicted octanol–water partition coefficient (Wildman–Crippen LogP) is 6.00. The Bertz CT molecular complexity index is 749. The number of thioether (sulfide) groups is 1. The van der Waals surface area contributed by atoms with Crippen molar-refractivity contribution in [3.05, 3.63) is 53.3 Å². The zero-order valence-electron chi connectivity index (χ0n) is 10.8. The van der Waals surface area contributed by atoms with E-state index >= 15 is 0 Å². The summed E-state index contributed by atoms with van der Waals surface area (Å²) in [5, 5.41) is 1.50. The van der Waals surface area contributed by atoms with Gasteiger partial charge in [-0.1, -0.05) is 18.5 Å². The molecule has 3 rings (SSSR count). The van der Waals surface area contributed by atoms with Gasteiger partial charge in [-0.15, -0.1) is 11.8 Å². The molecule has 4 heteroatoms. The van der Waals surface area contributed by atoms with Crippen LogP contribution in [0.15, 0.2) is 51.8 Å². The van der Waals surface area contributed by atoms with Gasteiger partial charge in [-0.3, -0.25) is 0 Å². The van der Waals surface area contributed by atoms with E-state index in [0.717, 1.165) is 27.4 Å². The Morgan fingerprint density at radius 3 is 2.60 bits per heavy atom. The number of rotatable bonds is 3. The van der Waals surface area contributed by atoms with Crippen LogP contribution in [0.25, 0.3) is 22.3 Å². The fourth-order valence-corrected chi connectivity index (χ4v) is 3.15. The molecule has 20 heavy (non-hydrogen) atoms. The van der Waals surface area contributed by atoms with Gasteiger partial charge in [-0.2, -0.15) is 0 Å². The van der Waals surface area contributed by atoms with Crippen LogP contribution in [0.5, 0.6) is 0 Å². The highest BCUT2D eigenvalue weighted by Crippen LogP contribution is 2.40. The van der Waals surface area contributed by atoms with Crippen molar-refractivity contribution >= 4 is 34.3 Å². The molecule has 1 aromatic heterocycles. The molecular formula is C16H12ClFOS. The van der Waals surface area contributed by atoms with Gasteiger partial charge in [0.1, 0.15) is 17.2 Å². The van der Waals surface area contributed by atoms with Gasteiger partial charge >= 0.3 is 0 Å². The Morgan fingerprint density at radius 2 is 1.90 bits per heavy atom. The van der Waals surface area contributed by atoms with Gasteiger partial charge < -0.3 is 4.42 Å². The van der Waals surface area contributed by atoms with E-state index in [1.807, 2.05) is 24.3 Å². The molecule has 1 nitrogen and oxygen atoms in total. The highest BCUT2D eigenvalue weighted by molar-refractivity contribution is 7.99. The van der Waals surface area contributed by atoms with E-state index in [1.165, 1.54) is 12.1 Å². The quantitative estimate of drug-likeness (QED) is 0.550. The molecule has 0 amide bonds. The van der Waals surface area contributed by atoms with E-state index in [9.17, 15) is 4.39 Å². The monoisotopic (exact) mass is 306 g/mol. The Balaban J connectivity index is 2.23. The van der Waals surface area contributed by atoms with E-state index in [4.69, 9.17) is 16.0 Å². The van der Waals surface area contributed by atoms with Crippen molar-refractivity contribution < 1.29 is 8.81 Å². The van der Waals surface area contributed by atoms with Gasteiger partial charge in [-0.25, -0.2) is 4.39 Å². The van der Waals surface area contributed by atoms with Crippen LogP contribution in [0.4, 0.5) is 4.39 Å². The predicted molar refractivity (Wildman–Crippen MR) is 83.0 cm³/mol. The summed E-state index contributed by atoms with van der Waals surface area (Å²) < 4.78 is 19.4. The summed E-state index contributed by atoms with van der Waals surface area (Å²) >= 11 is 7.57. The summed E-state index contributed by atoms with van der Waals surface area (Å²) in [6.07, 6.45) is 0. The topological polar surface area (TPSA) is 13.1 Å². The zero-order valence-corrected chi connectivity index (χ0v) is 12.4. The molecule has 0 fully saturated rings. The first-order valence-corrected chi connectivity index (χ1v) is 7.66. The normalized spacial score (nSPS) is 11.2. The summed E-state index contributed by atoms with van der Waals surface area (Å²) in [5.41, 5.74) is 1.65. The Hall–Kier alpha value is -1.45. The van der Waals surface area contributed by atoms with Crippen molar-refractivity contribution in [2.45, 2.75) is 11.8 Å². The smallest absolute Gasteiger partial charge is 0.148 e. The van der Waals surface area contributed by atoms with Crippen LogP contribution in [0.3, 0.4) is 0 Å². The highest BCUT2D eigenvalue weighted by Gasteiger charge is 2.16. The summed E-state index contributed by atoms with van der Waals surface area (Å²) in [4.78, 5) is 0.976. The lowest BCUT2D eigenvalue weighted by atomic mass is 10.1. The van der Waals surface area contributed by atoms with E-state index < -0.39 is 0 Å². The Labute approximate surface area is 125 Å². The third-order valence-electron chi connectivity index (χ3n) is 3.00. The lowest BCUT2D eigenvalue weighted by Crippen LogP contribution is -1.79. The first-order valence-electron chi connectivity index (χ1n) is 6.30. The standard InChI is InChI=1S/C16H12ClFOS/c1-2-20-16-13-9-12(18)7-8-14(13)19-15(16)10-3-5-11(17)6-4-10/h3-9H,2H2,1H3. The Kier molecular flexibility index (Phi) is 3.72. The summed E-state index contributed by atoms with van der Waals surface area (Å²) in [5.74, 6) is 1.42. The van der Waals surface area contributed by atoms with Gasteiger partial charge in [0.15, 0.2) is 0 Å². The summed E-state index contributed by atoms with van der Waals surface area (Å²) in [6, 6.07) is 12.1. The molecule has 0 saturated heterocycles. The fourth-order valence-electron chi connectivity index (χ4n) is 2.13. The largest absolute Gasteiger partial charge is 0.455 e. The number of hydrogen-bond donors (Lipinski definition) is 0. The maximum absolute atomic E-state index is 13.5. The second kappa shape index (κ2) is 5.51. The van der Waals surface area contributed by atoms with Gasteiger partial charge in [0.25, 0.3) is 0 Å². The van der Waals surface area contributed by atoms with Crippen LogP contribution < -0.4 is 0 Å². The first kappa shape index (κ1) is 13.5. The Morgan fingerprint density at radius 1 is 1.15 bits per heavy atom. The third kappa shape index (κ3) is 2.43. The molecule has 0 aliphatic heterocycles. The van der Waals surface area contributed by atoms with Gasteiger partial charge in [0.2, 0.25) is 0 Å². The lowest BCUT2D eigenvalue weighted by Gasteiger charge is -2.01. The third-order valence-corrected chi connectivity index (χ3v) is 4.23. The lowest BCUT2D eigenvalue weighted by molar-refractivity contribution is 0.616.